The van der Waals surface area contributed by atoms with E-state index in [0.717, 1.165) is 18.7 Å². The van der Waals surface area contributed by atoms with Crippen LogP contribution in [0.4, 0.5) is 0 Å². The molecule has 0 saturated carbocycles. The number of ether oxygens (including phenoxy) is 2. The second kappa shape index (κ2) is 7.35. The van der Waals surface area contributed by atoms with Gasteiger partial charge in [0.25, 0.3) is 0 Å². The number of oxime groups is 1. The van der Waals surface area contributed by atoms with E-state index in [2.05, 4.69) is 10.5 Å². The van der Waals surface area contributed by atoms with Gasteiger partial charge in [-0.1, -0.05) is 47.1 Å². The zero-order valence-corrected chi connectivity index (χ0v) is 13.2. The van der Waals surface area contributed by atoms with Crippen LogP contribution in [0.5, 0.6) is 11.5 Å². The molecule has 1 aliphatic heterocycles. The predicted octanol–water partition coefficient (Wildman–Crippen LogP) is 2.95. The molecule has 0 aromatic heterocycles. The number of hydrogen-bond donors (Lipinski definition) is 2. The van der Waals surface area contributed by atoms with Gasteiger partial charge in [0.2, 0.25) is 0 Å². The molecule has 0 aliphatic carbocycles. The van der Waals surface area contributed by atoms with Crippen LogP contribution in [0, 0.1) is 0 Å². The van der Waals surface area contributed by atoms with Crippen molar-refractivity contribution in [3.8, 4) is 11.5 Å². The quantitative estimate of drug-likeness (QED) is 0.485. The van der Waals surface area contributed by atoms with Crippen molar-refractivity contribution in [3.63, 3.8) is 0 Å². The summed E-state index contributed by atoms with van der Waals surface area (Å²) in [6, 6.07) is 14.6. The van der Waals surface area contributed by atoms with Gasteiger partial charge in [-0.2, -0.15) is 0 Å². The van der Waals surface area contributed by atoms with Gasteiger partial charge in [0, 0.05) is 29.7 Å². The standard InChI is InChI=1S/C17H17ClN2O3/c18-13-6-7-16(17(8-13)23-14-9-19-10-14)22-11-15(20-21)12-4-2-1-3-5-12/h1-8,14,19,21H,9-11H2/b20-15+. The maximum absolute atomic E-state index is 9.21. The minimum absolute atomic E-state index is 0.121. The van der Waals surface area contributed by atoms with Gasteiger partial charge >= 0.3 is 0 Å². The van der Waals surface area contributed by atoms with E-state index in [1.165, 1.54) is 0 Å². The minimum atomic E-state index is 0.121. The first-order valence-electron chi connectivity index (χ1n) is 7.32. The highest BCUT2D eigenvalue weighted by molar-refractivity contribution is 6.30. The van der Waals surface area contributed by atoms with Gasteiger partial charge in [-0.15, -0.1) is 0 Å². The lowest BCUT2D eigenvalue weighted by molar-refractivity contribution is 0.136. The van der Waals surface area contributed by atoms with Crippen LogP contribution >= 0.6 is 11.6 Å². The van der Waals surface area contributed by atoms with Crippen molar-refractivity contribution in [2.24, 2.45) is 5.16 Å². The molecule has 0 amide bonds. The zero-order chi connectivity index (χ0) is 16.1. The van der Waals surface area contributed by atoms with Gasteiger partial charge in [0.15, 0.2) is 11.5 Å². The largest absolute Gasteiger partial charge is 0.484 e. The Morgan fingerprint density at radius 3 is 2.61 bits per heavy atom. The number of benzene rings is 2. The van der Waals surface area contributed by atoms with Crippen LogP contribution in [0.2, 0.25) is 5.02 Å². The third-order valence-electron chi connectivity index (χ3n) is 3.54. The molecule has 120 valence electrons. The molecule has 3 rings (SSSR count). The topological polar surface area (TPSA) is 63.1 Å². The molecule has 2 aromatic rings. The molecular weight excluding hydrogens is 316 g/mol. The molecular formula is C17H17ClN2O3. The predicted molar refractivity (Wildman–Crippen MR) is 89.0 cm³/mol. The fraction of sp³-hybridized carbons (Fsp3) is 0.235. The zero-order valence-electron chi connectivity index (χ0n) is 12.4. The third kappa shape index (κ3) is 3.94. The molecule has 0 radical (unpaired) electrons. The Bertz CT molecular complexity index is 687. The number of hydrogen-bond acceptors (Lipinski definition) is 5. The highest BCUT2D eigenvalue weighted by Gasteiger charge is 2.20. The molecule has 0 atom stereocenters. The number of nitrogens with one attached hydrogen (secondary N) is 1. The van der Waals surface area contributed by atoms with Crippen molar-refractivity contribution >= 4 is 17.3 Å². The molecule has 1 aliphatic rings. The maximum Gasteiger partial charge on any atom is 0.163 e. The highest BCUT2D eigenvalue weighted by Crippen LogP contribution is 2.31. The normalized spacial score (nSPS) is 15.1. The molecule has 0 spiro atoms. The first kappa shape index (κ1) is 15.6. The molecule has 1 fully saturated rings. The molecule has 2 N–H and O–H groups in total. The Labute approximate surface area is 139 Å². The first-order valence-corrected chi connectivity index (χ1v) is 7.70. The molecule has 0 bridgehead atoms. The van der Waals surface area contributed by atoms with E-state index in [4.69, 9.17) is 21.1 Å². The second-order valence-corrected chi connectivity index (χ2v) is 5.63. The maximum atomic E-state index is 9.21. The van der Waals surface area contributed by atoms with Crippen molar-refractivity contribution < 1.29 is 14.7 Å². The average molecular weight is 333 g/mol. The van der Waals surface area contributed by atoms with Gasteiger partial charge in [-0.3, -0.25) is 0 Å². The molecule has 1 saturated heterocycles. The van der Waals surface area contributed by atoms with Crippen molar-refractivity contribution in [1.82, 2.24) is 5.32 Å². The van der Waals surface area contributed by atoms with Crippen LogP contribution in [-0.4, -0.2) is 36.7 Å². The summed E-state index contributed by atoms with van der Waals surface area (Å²) in [6.07, 6.45) is 0.121. The van der Waals surface area contributed by atoms with Crippen molar-refractivity contribution in [1.29, 1.82) is 0 Å². The highest BCUT2D eigenvalue weighted by atomic mass is 35.5. The van der Waals surface area contributed by atoms with Gasteiger partial charge in [0.05, 0.1) is 0 Å². The summed E-state index contributed by atoms with van der Waals surface area (Å²) >= 11 is 6.03. The number of halogens is 1. The van der Waals surface area contributed by atoms with Gasteiger partial charge in [-0.25, -0.2) is 0 Å². The second-order valence-electron chi connectivity index (χ2n) is 5.19. The summed E-state index contributed by atoms with van der Waals surface area (Å²) in [7, 11) is 0. The molecule has 1 heterocycles. The summed E-state index contributed by atoms with van der Waals surface area (Å²) in [5.41, 5.74) is 1.24. The summed E-state index contributed by atoms with van der Waals surface area (Å²) in [5.74, 6) is 1.16. The van der Waals surface area contributed by atoms with E-state index < -0.39 is 0 Å². The SMILES string of the molecule is O/N=C(\COc1ccc(Cl)cc1OC1CNC1)c1ccccc1. The molecule has 2 aromatic carbocycles. The average Bonchev–Trinajstić information content (AvgIpc) is 2.54. The van der Waals surface area contributed by atoms with Crippen LogP contribution in [0.15, 0.2) is 53.7 Å². The van der Waals surface area contributed by atoms with Crippen molar-refractivity contribution in [2.45, 2.75) is 6.10 Å². The van der Waals surface area contributed by atoms with Crippen LogP contribution in [-0.2, 0) is 0 Å². The lowest BCUT2D eigenvalue weighted by atomic mass is 10.1. The van der Waals surface area contributed by atoms with Crippen LogP contribution in [0.1, 0.15) is 5.56 Å². The molecule has 6 heteroatoms. The Balaban J connectivity index is 1.71. The summed E-state index contributed by atoms with van der Waals surface area (Å²) in [5, 5.41) is 16.3. The minimum Gasteiger partial charge on any atom is -0.484 e. The molecule has 0 unspecified atom stereocenters. The lowest BCUT2D eigenvalue weighted by Gasteiger charge is -2.28. The van der Waals surface area contributed by atoms with Gasteiger partial charge in [0.1, 0.15) is 18.4 Å². The molecule has 23 heavy (non-hydrogen) atoms. The van der Waals surface area contributed by atoms with Crippen LogP contribution in [0.25, 0.3) is 0 Å². The van der Waals surface area contributed by atoms with E-state index >= 15 is 0 Å². The lowest BCUT2D eigenvalue weighted by Crippen LogP contribution is -2.50. The Morgan fingerprint density at radius 2 is 1.96 bits per heavy atom. The number of nitrogens with zero attached hydrogens (tertiary/aromatic N) is 1. The van der Waals surface area contributed by atoms with E-state index in [9.17, 15) is 5.21 Å². The summed E-state index contributed by atoms with van der Waals surface area (Å²) < 4.78 is 11.6. The van der Waals surface area contributed by atoms with Crippen LogP contribution < -0.4 is 14.8 Å². The fourth-order valence-corrected chi connectivity index (χ4v) is 2.33. The smallest absolute Gasteiger partial charge is 0.163 e. The summed E-state index contributed by atoms with van der Waals surface area (Å²) in [6.45, 7) is 1.74. The third-order valence-corrected chi connectivity index (χ3v) is 3.77. The molecule has 5 nitrogen and oxygen atoms in total. The van der Waals surface area contributed by atoms with Crippen molar-refractivity contribution in [2.75, 3.05) is 19.7 Å². The van der Waals surface area contributed by atoms with Crippen molar-refractivity contribution in [3.05, 3.63) is 59.1 Å². The van der Waals surface area contributed by atoms with E-state index in [0.29, 0.717) is 22.2 Å². The fourth-order valence-electron chi connectivity index (χ4n) is 2.16. The summed E-state index contributed by atoms with van der Waals surface area (Å²) in [4.78, 5) is 0. The van der Waals surface area contributed by atoms with Crippen LogP contribution in [0.3, 0.4) is 0 Å². The monoisotopic (exact) mass is 332 g/mol. The number of rotatable bonds is 6. The van der Waals surface area contributed by atoms with E-state index in [1.807, 2.05) is 30.3 Å². The Kier molecular flexibility index (Phi) is 5.00. The first-order chi connectivity index (χ1) is 11.3. The van der Waals surface area contributed by atoms with Gasteiger partial charge in [-0.05, 0) is 12.1 Å². The Hall–Kier alpha value is -2.24. The Morgan fingerprint density at radius 1 is 1.17 bits per heavy atom. The van der Waals surface area contributed by atoms with E-state index in [-0.39, 0.29) is 12.7 Å². The van der Waals surface area contributed by atoms with E-state index in [1.54, 1.807) is 18.2 Å². The van der Waals surface area contributed by atoms with Gasteiger partial charge < -0.3 is 20.0 Å².